The van der Waals surface area contributed by atoms with E-state index in [-0.39, 0.29) is 17.5 Å². The molecule has 0 aromatic carbocycles. The Morgan fingerprint density at radius 2 is 2.22 bits per heavy atom. The molecule has 1 aromatic heterocycles. The highest BCUT2D eigenvalue weighted by atomic mass is 32.2. The van der Waals surface area contributed by atoms with Crippen molar-refractivity contribution in [2.24, 2.45) is 0 Å². The van der Waals surface area contributed by atoms with Crippen molar-refractivity contribution in [1.82, 2.24) is 9.78 Å². The number of hydrogen-bond donors (Lipinski definition) is 1. The Morgan fingerprint density at radius 1 is 1.56 bits per heavy atom. The van der Waals surface area contributed by atoms with Gasteiger partial charge in [0.15, 0.2) is 0 Å². The first kappa shape index (κ1) is 13.3. The molecule has 1 fully saturated rings. The number of nitrogens with zero attached hydrogens (tertiary/aromatic N) is 2. The molecule has 7 heteroatoms. The predicted molar refractivity (Wildman–Crippen MR) is 63.0 cm³/mol. The van der Waals surface area contributed by atoms with Crippen molar-refractivity contribution < 1.29 is 18.7 Å². The Bertz CT molecular complexity index is 431. The minimum Gasteiger partial charge on any atom is -0.481 e. The molecule has 1 aliphatic rings. The molecule has 0 bridgehead atoms. The Labute approximate surface area is 107 Å². The predicted octanol–water partition coefficient (Wildman–Crippen LogP) is 3.11. The third kappa shape index (κ3) is 3.01. The Morgan fingerprint density at radius 3 is 2.78 bits per heavy atom. The third-order valence-corrected chi connectivity index (χ3v) is 3.95. The lowest BCUT2D eigenvalue weighted by atomic mass is 10.3. The smallest absolute Gasteiger partial charge is 0.313 e. The second kappa shape index (κ2) is 5.69. The summed E-state index contributed by atoms with van der Waals surface area (Å²) in [7, 11) is 0. The van der Waals surface area contributed by atoms with Crippen molar-refractivity contribution in [3.8, 4) is 0 Å². The summed E-state index contributed by atoms with van der Waals surface area (Å²) < 4.78 is 26.9. The van der Waals surface area contributed by atoms with Crippen LogP contribution in [-0.2, 0) is 4.79 Å². The van der Waals surface area contributed by atoms with Gasteiger partial charge in [-0.25, -0.2) is 8.78 Å². The Hall–Kier alpha value is -1.11. The monoisotopic (exact) mass is 276 g/mol. The van der Waals surface area contributed by atoms with E-state index < -0.39 is 12.4 Å². The lowest BCUT2D eigenvalue weighted by Gasteiger charge is -2.13. The lowest BCUT2D eigenvalue weighted by molar-refractivity contribution is -0.133. The van der Waals surface area contributed by atoms with Crippen LogP contribution in [0.4, 0.5) is 8.78 Å². The van der Waals surface area contributed by atoms with Gasteiger partial charge in [-0.1, -0.05) is 24.6 Å². The molecule has 0 radical (unpaired) electrons. The maximum absolute atomic E-state index is 12.6. The minimum absolute atomic E-state index is 0.133. The van der Waals surface area contributed by atoms with Gasteiger partial charge in [0.25, 0.3) is 6.43 Å². The number of aromatic nitrogens is 2. The molecule has 0 saturated heterocycles. The second-order valence-electron chi connectivity index (χ2n) is 4.27. The van der Waals surface area contributed by atoms with Crippen molar-refractivity contribution in [3.63, 3.8) is 0 Å². The van der Waals surface area contributed by atoms with Gasteiger partial charge < -0.3 is 5.11 Å². The zero-order chi connectivity index (χ0) is 13.1. The van der Waals surface area contributed by atoms with Crippen LogP contribution < -0.4 is 0 Å². The topological polar surface area (TPSA) is 55.1 Å². The number of carbonyl (C=O) groups is 1. The van der Waals surface area contributed by atoms with Gasteiger partial charge >= 0.3 is 5.97 Å². The molecule has 18 heavy (non-hydrogen) atoms. The average Bonchev–Trinajstić information content (AvgIpc) is 2.95. The van der Waals surface area contributed by atoms with E-state index in [0.717, 1.165) is 37.4 Å². The lowest BCUT2D eigenvalue weighted by Crippen LogP contribution is -2.09. The zero-order valence-corrected chi connectivity index (χ0v) is 10.5. The first-order valence-electron chi connectivity index (χ1n) is 5.80. The summed E-state index contributed by atoms with van der Waals surface area (Å²) in [5.74, 6) is -1.10. The van der Waals surface area contributed by atoms with Crippen LogP contribution in [0.25, 0.3) is 0 Å². The van der Waals surface area contributed by atoms with Crippen molar-refractivity contribution >= 4 is 17.7 Å². The van der Waals surface area contributed by atoms with E-state index >= 15 is 0 Å². The largest absolute Gasteiger partial charge is 0.481 e. The number of carboxylic acid groups (broad SMARTS) is 1. The molecule has 100 valence electrons. The van der Waals surface area contributed by atoms with Crippen LogP contribution in [0.2, 0.25) is 0 Å². The number of halogens is 2. The van der Waals surface area contributed by atoms with Crippen molar-refractivity contribution in [3.05, 3.63) is 11.8 Å². The number of hydrogen-bond acceptors (Lipinski definition) is 3. The van der Waals surface area contributed by atoms with E-state index in [4.69, 9.17) is 5.11 Å². The fourth-order valence-electron chi connectivity index (χ4n) is 2.16. The number of thioether (sulfide) groups is 1. The average molecular weight is 276 g/mol. The van der Waals surface area contributed by atoms with Crippen LogP contribution in [0, 0.1) is 0 Å². The molecule has 2 rings (SSSR count). The molecule has 0 unspecified atom stereocenters. The molecule has 1 heterocycles. The van der Waals surface area contributed by atoms with E-state index in [1.165, 1.54) is 6.07 Å². The molecule has 4 nitrogen and oxygen atoms in total. The van der Waals surface area contributed by atoms with Gasteiger partial charge in [0, 0.05) is 0 Å². The molecule has 0 spiro atoms. The molecule has 1 aromatic rings. The number of carboxylic acids is 1. The number of aliphatic carboxylic acids is 1. The number of alkyl halides is 2. The van der Waals surface area contributed by atoms with Gasteiger partial charge in [-0.15, -0.1) is 0 Å². The molecular weight excluding hydrogens is 262 g/mol. The summed E-state index contributed by atoms with van der Waals surface area (Å²) in [6.45, 7) is 0. The van der Waals surface area contributed by atoms with E-state index in [1.807, 2.05) is 0 Å². The van der Waals surface area contributed by atoms with Crippen molar-refractivity contribution in [2.75, 3.05) is 5.75 Å². The standard InChI is InChI=1S/C11H14F2N2O2S/c12-11(13)8-5-9(18-6-10(16)17)15(14-8)7-3-1-2-4-7/h5,7,11H,1-4,6H2,(H,16,17). The molecule has 0 amide bonds. The first-order chi connectivity index (χ1) is 8.58. The van der Waals surface area contributed by atoms with Gasteiger partial charge in [0.2, 0.25) is 0 Å². The van der Waals surface area contributed by atoms with Crippen molar-refractivity contribution in [1.29, 1.82) is 0 Å². The first-order valence-corrected chi connectivity index (χ1v) is 6.78. The van der Waals surface area contributed by atoms with E-state index in [1.54, 1.807) is 4.68 Å². The van der Waals surface area contributed by atoms with E-state index in [0.29, 0.717) is 5.03 Å². The highest BCUT2D eigenvalue weighted by Crippen LogP contribution is 2.34. The van der Waals surface area contributed by atoms with Gasteiger partial charge in [-0.05, 0) is 18.9 Å². The summed E-state index contributed by atoms with van der Waals surface area (Å²) in [6.07, 6.45) is 1.36. The van der Waals surface area contributed by atoms with Crippen LogP contribution in [0.5, 0.6) is 0 Å². The SMILES string of the molecule is O=C(O)CSc1cc(C(F)F)nn1C1CCCC1. The normalized spacial score (nSPS) is 16.6. The van der Waals surface area contributed by atoms with Crippen LogP contribution in [0.1, 0.15) is 43.8 Å². The Kier molecular flexibility index (Phi) is 4.21. The highest BCUT2D eigenvalue weighted by Gasteiger charge is 2.24. The summed E-state index contributed by atoms with van der Waals surface area (Å²) >= 11 is 1.05. The van der Waals surface area contributed by atoms with Crippen LogP contribution >= 0.6 is 11.8 Å². The van der Waals surface area contributed by atoms with Gasteiger partial charge in [-0.2, -0.15) is 5.10 Å². The maximum Gasteiger partial charge on any atom is 0.313 e. The summed E-state index contributed by atoms with van der Waals surface area (Å²) in [6, 6.07) is 1.44. The van der Waals surface area contributed by atoms with Crippen LogP contribution in [-0.4, -0.2) is 26.6 Å². The molecule has 0 atom stereocenters. The fraction of sp³-hybridized carbons (Fsp3) is 0.636. The fourth-order valence-corrected chi connectivity index (χ4v) is 2.95. The van der Waals surface area contributed by atoms with Crippen LogP contribution in [0.3, 0.4) is 0 Å². The third-order valence-electron chi connectivity index (χ3n) is 2.96. The summed E-state index contributed by atoms with van der Waals surface area (Å²) in [5, 5.41) is 13.1. The highest BCUT2D eigenvalue weighted by molar-refractivity contribution is 7.99. The van der Waals surface area contributed by atoms with E-state index in [2.05, 4.69) is 5.10 Å². The van der Waals surface area contributed by atoms with Gasteiger partial charge in [0.1, 0.15) is 5.69 Å². The van der Waals surface area contributed by atoms with Crippen molar-refractivity contribution in [2.45, 2.75) is 43.2 Å². The van der Waals surface area contributed by atoms with Crippen LogP contribution in [0.15, 0.2) is 11.1 Å². The van der Waals surface area contributed by atoms with Gasteiger partial charge in [0.05, 0.1) is 16.8 Å². The number of rotatable bonds is 5. The maximum atomic E-state index is 12.6. The second-order valence-corrected chi connectivity index (χ2v) is 5.27. The molecule has 1 N–H and O–H groups in total. The zero-order valence-electron chi connectivity index (χ0n) is 9.68. The molecule has 0 aliphatic heterocycles. The quantitative estimate of drug-likeness (QED) is 0.839. The van der Waals surface area contributed by atoms with E-state index in [9.17, 15) is 13.6 Å². The van der Waals surface area contributed by atoms with Gasteiger partial charge in [-0.3, -0.25) is 9.48 Å². The summed E-state index contributed by atoms with van der Waals surface area (Å²) in [4.78, 5) is 10.5. The molecule has 1 saturated carbocycles. The molecular formula is C11H14F2N2O2S. The Balaban J connectivity index is 2.20. The summed E-state index contributed by atoms with van der Waals surface area (Å²) in [5.41, 5.74) is -0.269. The minimum atomic E-state index is -2.61. The molecule has 1 aliphatic carbocycles.